The fourth-order valence-electron chi connectivity index (χ4n) is 3.01. The lowest BCUT2D eigenvalue weighted by Crippen LogP contribution is -2.37. The Hall–Kier alpha value is -2.11. The number of amides is 3. The topological polar surface area (TPSA) is 74.3 Å². The molecule has 2 fully saturated rings. The SMILES string of the molecule is O=C(Nc1ncccc1N1CCCC1=O)NC1CCCC1. The van der Waals surface area contributed by atoms with E-state index in [0.29, 0.717) is 24.5 Å². The van der Waals surface area contributed by atoms with E-state index in [-0.39, 0.29) is 18.0 Å². The molecular weight excluding hydrogens is 268 g/mol. The summed E-state index contributed by atoms with van der Waals surface area (Å²) in [5, 5.41) is 5.74. The lowest BCUT2D eigenvalue weighted by atomic mass is 10.2. The number of carbonyl (C=O) groups is 2. The number of pyridine rings is 1. The first-order valence-corrected chi connectivity index (χ1v) is 7.57. The number of hydrogen-bond acceptors (Lipinski definition) is 3. The molecule has 2 aliphatic rings. The van der Waals surface area contributed by atoms with Crippen LogP contribution < -0.4 is 15.5 Å². The molecule has 0 aromatic carbocycles. The molecule has 0 radical (unpaired) electrons. The summed E-state index contributed by atoms with van der Waals surface area (Å²) in [7, 11) is 0. The number of rotatable bonds is 3. The number of aromatic nitrogens is 1. The molecule has 2 heterocycles. The van der Waals surface area contributed by atoms with E-state index >= 15 is 0 Å². The number of hydrogen-bond donors (Lipinski definition) is 2. The number of nitrogens with one attached hydrogen (secondary N) is 2. The molecule has 112 valence electrons. The molecule has 1 aromatic rings. The Labute approximate surface area is 123 Å². The quantitative estimate of drug-likeness (QED) is 0.896. The van der Waals surface area contributed by atoms with E-state index in [4.69, 9.17) is 0 Å². The third kappa shape index (κ3) is 3.15. The van der Waals surface area contributed by atoms with Crippen molar-refractivity contribution in [3.63, 3.8) is 0 Å². The van der Waals surface area contributed by atoms with E-state index in [9.17, 15) is 9.59 Å². The minimum atomic E-state index is -0.242. The van der Waals surface area contributed by atoms with Gasteiger partial charge in [0.1, 0.15) is 0 Å². The van der Waals surface area contributed by atoms with Gasteiger partial charge in [0.05, 0.1) is 5.69 Å². The summed E-state index contributed by atoms with van der Waals surface area (Å²) in [5.74, 6) is 0.533. The maximum atomic E-state index is 12.1. The summed E-state index contributed by atoms with van der Waals surface area (Å²) in [6.07, 6.45) is 7.43. The highest BCUT2D eigenvalue weighted by molar-refractivity contribution is 6.00. The maximum Gasteiger partial charge on any atom is 0.320 e. The van der Waals surface area contributed by atoms with E-state index in [1.54, 1.807) is 17.2 Å². The van der Waals surface area contributed by atoms with Crippen molar-refractivity contribution in [3.05, 3.63) is 18.3 Å². The van der Waals surface area contributed by atoms with Gasteiger partial charge in [-0.05, 0) is 31.4 Å². The van der Waals surface area contributed by atoms with Crippen LogP contribution in [-0.4, -0.2) is 29.5 Å². The molecule has 1 aliphatic heterocycles. The number of carbonyl (C=O) groups excluding carboxylic acids is 2. The summed E-state index contributed by atoms with van der Waals surface area (Å²) < 4.78 is 0. The highest BCUT2D eigenvalue weighted by atomic mass is 16.2. The third-order valence-electron chi connectivity index (χ3n) is 4.07. The molecule has 0 unspecified atom stereocenters. The smallest absolute Gasteiger partial charge is 0.320 e. The lowest BCUT2D eigenvalue weighted by Gasteiger charge is -2.19. The minimum Gasteiger partial charge on any atom is -0.335 e. The highest BCUT2D eigenvalue weighted by Gasteiger charge is 2.25. The van der Waals surface area contributed by atoms with Gasteiger partial charge >= 0.3 is 6.03 Å². The molecule has 6 nitrogen and oxygen atoms in total. The molecule has 1 aromatic heterocycles. The number of nitrogens with zero attached hydrogens (tertiary/aromatic N) is 2. The monoisotopic (exact) mass is 288 g/mol. The van der Waals surface area contributed by atoms with Crippen LogP contribution in [-0.2, 0) is 4.79 Å². The molecule has 3 rings (SSSR count). The molecule has 0 atom stereocenters. The van der Waals surface area contributed by atoms with Crippen LogP contribution >= 0.6 is 0 Å². The van der Waals surface area contributed by atoms with Gasteiger partial charge < -0.3 is 10.2 Å². The van der Waals surface area contributed by atoms with Crippen LogP contribution in [0.25, 0.3) is 0 Å². The summed E-state index contributed by atoms with van der Waals surface area (Å²) in [4.78, 5) is 29.8. The second-order valence-electron chi connectivity index (χ2n) is 5.60. The van der Waals surface area contributed by atoms with Crippen LogP contribution in [0.5, 0.6) is 0 Å². The average molecular weight is 288 g/mol. The number of anilines is 2. The second-order valence-corrected chi connectivity index (χ2v) is 5.60. The Morgan fingerprint density at radius 3 is 2.81 bits per heavy atom. The first-order valence-electron chi connectivity index (χ1n) is 7.57. The van der Waals surface area contributed by atoms with Gasteiger partial charge in [-0.25, -0.2) is 9.78 Å². The van der Waals surface area contributed by atoms with Crippen molar-refractivity contribution in [2.45, 2.75) is 44.6 Å². The van der Waals surface area contributed by atoms with E-state index in [0.717, 1.165) is 19.3 Å². The fourth-order valence-corrected chi connectivity index (χ4v) is 3.01. The molecular formula is C15H20N4O2. The van der Waals surface area contributed by atoms with Crippen LogP contribution in [0.2, 0.25) is 0 Å². The zero-order chi connectivity index (χ0) is 14.7. The largest absolute Gasteiger partial charge is 0.335 e. The molecule has 1 saturated heterocycles. The van der Waals surface area contributed by atoms with Gasteiger partial charge in [0, 0.05) is 25.2 Å². The van der Waals surface area contributed by atoms with Crippen molar-refractivity contribution in [1.29, 1.82) is 0 Å². The Balaban J connectivity index is 1.69. The van der Waals surface area contributed by atoms with E-state index in [1.807, 2.05) is 6.07 Å². The predicted octanol–water partition coefficient (Wildman–Crippen LogP) is 2.27. The average Bonchev–Trinajstić information content (AvgIpc) is 3.11. The van der Waals surface area contributed by atoms with Crippen LogP contribution in [0.15, 0.2) is 18.3 Å². The standard InChI is InChI=1S/C15H20N4O2/c20-13-8-4-10-19(13)12-7-3-9-16-14(12)18-15(21)17-11-5-1-2-6-11/h3,7,9,11H,1-2,4-6,8,10H2,(H2,16,17,18,21). The minimum absolute atomic E-state index is 0.0854. The summed E-state index contributed by atoms with van der Waals surface area (Å²) in [6.45, 7) is 0.684. The predicted molar refractivity (Wildman–Crippen MR) is 80.2 cm³/mol. The van der Waals surface area contributed by atoms with E-state index in [2.05, 4.69) is 15.6 Å². The van der Waals surface area contributed by atoms with Gasteiger partial charge in [-0.2, -0.15) is 0 Å². The normalized spacial score (nSPS) is 19.0. The van der Waals surface area contributed by atoms with Gasteiger partial charge in [0.15, 0.2) is 5.82 Å². The Morgan fingerprint density at radius 1 is 1.29 bits per heavy atom. The number of urea groups is 1. The van der Waals surface area contributed by atoms with E-state index in [1.165, 1.54) is 12.8 Å². The molecule has 1 saturated carbocycles. The van der Waals surface area contributed by atoms with Crippen molar-refractivity contribution in [2.75, 3.05) is 16.8 Å². The van der Waals surface area contributed by atoms with Gasteiger partial charge in [0.2, 0.25) is 5.91 Å². The zero-order valence-electron chi connectivity index (χ0n) is 12.0. The first-order chi connectivity index (χ1) is 10.2. The van der Waals surface area contributed by atoms with Gasteiger partial charge in [-0.1, -0.05) is 12.8 Å². The summed E-state index contributed by atoms with van der Waals surface area (Å²) >= 11 is 0. The summed E-state index contributed by atoms with van der Waals surface area (Å²) in [6, 6.07) is 3.61. The van der Waals surface area contributed by atoms with Crippen LogP contribution in [0, 0.1) is 0 Å². The van der Waals surface area contributed by atoms with Crippen molar-refractivity contribution in [1.82, 2.24) is 10.3 Å². The Bertz CT molecular complexity index is 540. The third-order valence-corrected chi connectivity index (χ3v) is 4.07. The molecule has 2 N–H and O–H groups in total. The maximum absolute atomic E-state index is 12.1. The van der Waals surface area contributed by atoms with Crippen LogP contribution in [0.3, 0.4) is 0 Å². The van der Waals surface area contributed by atoms with E-state index < -0.39 is 0 Å². The van der Waals surface area contributed by atoms with Gasteiger partial charge in [-0.15, -0.1) is 0 Å². The van der Waals surface area contributed by atoms with Crippen LogP contribution in [0.4, 0.5) is 16.3 Å². The fraction of sp³-hybridized carbons (Fsp3) is 0.533. The molecule has 0 spiro atoms. The van der Waals surface area contributed by atoms with Crippen LogP contribution in [0.1, 0.15) is 38.5 Å². The van der Waals surface area contributed by atoms with Crippen molar-refractivity contribution < 1.29 is 9.59 Å². The molecule has 6 heteroatoms. The first kappa shape index (κ1) is 13.9. The van der Waals surface area contributed by atoms with Crippen molar-refractivity contribution >= 4 is 23.4 Å². The summed E-state index contributed by atoms with van der Waals surface area (Å²) in [5.41, 5.74) is 0.682. The highest BCUT2D eigenvalue weighted by Crippen LogP contribution is 2.27. The van der Waals surface area contributed by atoms with Gasteiger partial charge in [-0.3, -0.25) is 10.1 Å². The molecule has 0 bridgehead atoms. The van der Waals surface area contributed by atoms with Crippen molar-refractivity contribution in [3.8, 4) is 0 Å². The molecule has 1 aliphatic carbocycles. The molecule has 3 amide bonds. The van der Waals surface area contributed by atoms with Crippen molar-refractivity contribution in [2.24, 2.45) is 0 Å². The second kappa shape index (κ2) is 6.11. The molecule has 21 heavy (non-hydrogen) atoms. The Morgan fingerprint density at radius 2 is 2.10 bits per heavy atom. The van der Waals surface area contributed by atoms with Gasteiger partial charge in [0.25, 0.3) is 0 Å². The lowest BCUT2D eigenvalue weighted by molar-refractivity contribution is -0.117. The zero-order valence-corrected chi connectivity index (χ0v) is 12.0. The Kier molecular flexibility index (Phi) is 4.03.